The first-order chi connectivity index (χ1) is 6.66. The van der Waals surface area contributed by atoms with Crippen molar-refractivity contribution < 1.29 is 5.11 Å². The fourth-order valence-corrected chi connectivity index (χ4v) is 1.70. The molecule has 1 unspecified atom stereocenters. The monoisotopic (exact) mass is 212 g/mol. The lowest BCUT2D eigenvalue weighted by molar-refractivity contribution is 0.161. The summed E-state index contributed by atoms with van der Waals surface area (Å²) in [5, 5.41) is 10.4. The van der Waals surface area contributed by atoms with Crippen LogP contribution in [0.15, 0.2) is 12.3 Å². The molecule has 3 nitrogen and oxygen atoms in total. The van der Waals surface area contributed by atoms with Gasteiger partial charge >= 0.3 is 0 Å². The van der Waals surface area contributed by atoms with Crippen LogP contribution >= 0.6 is 11.6 Å². The van der Waals surface area contributed by atoms with E-state index in [1.807, 2.05) is 0 Å². The number of aromatic nitrogens is 1. The fourth-order valence-electron chi connectivity index (χ4n) is 1.53. The Morgan fingerprint density at radius 1 is 1.64 bits per heavy atom. The molecule has 0 aromatic carbocycles. The zero-order valence-corrected chi connectivity index (χ0v) is 8.54. The van der Waals surface area contributed by atoms with Crippen LogP contribution in [0, 0.1) is 5.92 Å². The summed E-state index contributed by atoms with van der Waals surface area (Å²) in [6, 6.07) is 1.69. The molecule has 4 heteroatoms. The second kappa shape index (κ2) is 3.75. The molecule has 0 saturated heterocycles. The van der Waals surface area contributed by atoms with Crippen LogP contribution in [-0.2, 0) is 0 Å². The second-order valence-electron chi connectivity index (χ2n) is 3.82. The van der Waals surface area contributed by atoms with Gasteiger partial charge in [0.1, 0.15) is 5.82 Å². The summed E-state index contributed by atoms with van der Waals surface area (Å²) in [5.41, 5.74) is 6.31. The minimum atomic E-state index is -0.520. The van der Waals surface area contributed by atoms with E-state index >= 15 is 0 Å². The molecule has 1 aromatic rings. The predicted octanol–water partition coefficient (Wildman–Crippen LogP) is 2.15. The smallest absolute Gasteiger partial charge is 0.129 e. The van der Waals surface area contributed by atoms with Crippen LogP contribution in [0.4, 0.5) is 5.82 Å². The van der Waals surface area contributed by atoms with Crippen LogP contribution in [0.3, 0.4) is 0 Å². The van der Waals surface area contributed by atoms with Gasteiger partial charge in [-0.1, -0.05) is 24.4 Å². The van der Waals surface area contributed by atoms with Crippen LogP contribution in [0.1, 0.15) is 30.9 Å². The van der Waals surface area contributed by atoms with Crippen molar-refractivity contribution in [3.8, 4) is 0 Å². The molecule has 2 rings (SSSR count). The molecule has 0 radical (unpaired) electrons. The Kier molecular flexibility index (Phi) is 2.61. The molecular weight excluding hydrogens is 200 g/mol. The number of nitrogens with zero attached hydrogens (tertiary/aromatic N) is 1. The first kappa shape index (κ1) is 9.74. The Morgan fingerprint density at radius 2 is 2.36 bits per heavy atom. The zero-order valence-electron chi connectivity index (χ0n) is 7.78. The summed E-state index contributed by atoms with van der Waals surface area (Å²) in [6.07, 6.45) is 4.17. The summed E-state index contributed by atoms with van der Waals surface area (Å²) in [4.78, 5) is 3.91. The van der Waals surface area contributed by atoms with Gasteiger partial charge in [-0.25, -0.2) is 4.98 Å². The molecule has 1 saturated carbocycles. The normalized spacial score (nSPS) is 18.1. The molecule has 1 fully saturated rings. The molecule has 1 heterocycles. The summed E-state index contributed by atoms with van der Waals surface area (Å²) < 4.78 is 0. The molecule has 1 aromatic heterocycles. The maximum absolute atomic E-state index is 9.86. The van der Waals surface area contributed by atoms with Gasteiger partial charge in [0.15, 0.2) is 0 Å². The zero-order chi connectivity index (χ0) is 10.1. The van der Waals surface area contributed by atoms with Crippen molar-refractivity contribution in [2.24, 2.45) is 5.92 Å². The lowest BCUT2D eigenvalue weighted by Gasteiger charge is -2.12. The van der Waals surface area contributed by atoms with E-state index in [2.05, 4.69) is 4.98 Å². The lowest BCUT2D eigenvalue weighted by atomic mass is 10.1. The van der Waals surface area contributed by atoms with E-state index < -0.39 is 6.10 Å². The summed E-state index contributed by atoms with van der Waals surface area (Å²) in [5.74, 6) is 1.03. The van der Waals surface area contributed by atoms with Gasteiger partial charge in [-0.15, -0.1) is 0 Å². The standard InChI is InChI=1S/C10H13ClN2O/c11-7-4-8(10(12)13-5-7)9(14)3-6-1-2-6/h4-6,9,14H,1-3H2,(H2,12,13). The van der Waals surface area contributed by atoms with E-state index in [1.165, 1.54) is 19.0 Å². The van der Waals surface area contributed by atoms with Crippen molar-refractivity contribution in [1.29, 1.82) is 0 Å². The average molecular weight is 213 g/mol. The number of nitrogen functional groups attached to an aromatic ring is 1. The number of hydrogen-bond donors (Lipinski definition) is 2. The van der Waals surface area contributed by atoms with Crippen LogP contribution in [0.5, 0.6) is 0 Å². The highest BCUT2D eigenvalue weighted by molar-refractivity contribution is 6.30. The van der Waals surface area contributed by atoms with E-state index in [-0.39, 0.29) is 0 Å². The first-order valence-corrected chi connectivity index (χ1v) is 5.13. The highest BCUT2D eigenvalue weighted by Crippen LogP contribution is 2.38. The van der Waals surface area contributed by atoms with Crippen molar-refractivity contribution in [2.45, 2.75) is 25.4 Å². The predicted molar refractivity (Wildman–Crippen MR) is 56.0 cm³/mol. The van der Waals surface area contributed by atoms with Gasteiger partial charge in [-0.2, -0.15) is 0 Å². The SMILES string of the molecule is Nc1ncc(Cl)cc1C(O)CC1CC1. The Balaban J connectivity index is 2.15. The second-order valence-corrected chi connectivity index (χ2v) is 4.26. The van der Waals surface area contributed by atoms with Crippen molar-refractivity contribution in [1.82, 2.24) is 4.98 Å². The summed E-state index contributed by atoms with van der Waals surface area (Å²) in [6.45, 7) is 0. The number of aliphatic hydroxyl groups is 1. The van der Waals surface area contributed by atoms with E-state index in [0.29, 0.717) is 22.3 Å². The van der Waals surface area contributed by atoms with Gasteiger partial charge in [0.2, 0.25) is 0 Å². The summed E-state index contributed by atoms with van der Waals surface area (Å²) >= 11 is 5.78. The van der Waals surface area contributed by atoms with Crippen molar-refractivity contribution in [2.75, 3.05) is 5.73 Å². The van der Waals surface area contributed by atoms with E-state index in [0.717, 1.165) is 6.42 Å². The third-order valence-electron chi connectivity index (χ3n) is 2.53. The number of nitrogens with two attached hydrogens (primary N) is 1. The Hall–Kier alpha value is -0.800. The molecule has 0 spiro atoms. The van der Waals surface area contributed by atoms with Gasteiger partial charge in [-0.05, 0) is 18.4 Å². The molecular formula is C10H13ClN2O. The third-order valence-corrected chi connectivity index (χ3v) is 2.74. The number of pyridine rings is 1. The molecule has 14 heavy (non-hydrogen) atoms. The minimum Gasteiger partial charge on any atom is -0.388 e. The molecule has 3 N–H and O–H groups in total. The van der Waals surface area contributed by atoms with Crippen LogP contribution < -0.4 is 5.73 Å². The molecule has 0 bridgehead atoms. The first-order valence-electron chi connectivity index (χ1n) is 4.76. The number of halogens is 1. The highest BCUT2D eigenvalue weighted by atomic mass is 35.5. The number of rotatable bonds is 3. The van der Waals surface area contributed by atoms with Gasteiger partial charge < -0.3 is 10.8 Å². The quantitative estimate of drug-likeness (QED) is 0.807. The average Bonchev–Trinajstić information content (AvgIpc) is 2.93. The third kappa shape index (κ3) is 2.16. The van der Waals surface area contributed by atoms with Crippen molar-refractivity contribution in [3.05, 3.63) is 22.8 Å². The lowest BCUT2D eigenvalue weighted by Crippen LogP contribution is -2.04. The Bertz CT molecular complexity index is 339. The van der Waals surface area contributed by atoms with Crippen molar-refractivity contribution in [3.63, 3.8) is 0 Å². The van der Waals surface area contributed by atoms with E-state index in [1.54, 1.807) is 6.07 Å². The number of anilines is 1. The Labute approximate surface area is 87.9 Å². The molecule has 1 aliphatic rings. The topological polar surface area (TPSA) is 59.1 Å². The van der Waals surface area contributed by atoms with Crippen LogP contribution in [-0.4, -0.2) is 10.1 Å². The number of aliphatic hydroxyl groups excluding tert-OH is 1. The van der Waals surface area contributed by atoms with Crippen molar-refractivity contribution >= 4 is 17.4 Å². The van der Waals surface area contributed by atoms with Gasteiger partial charge in [0.25, 0.3) is 0 Å². The van der Waals surface area contributed by atoms with Crippen LogP contribution in [0.2, 0.25) is 5.02 Å². The molecule has 0 aliphatic heterocycles. The van der Waals surface area contributed by atoms with E-state index in [4.69, 9.17) is 17.3 Å². The molecule has 76 valence electrons. The largest absolute Gasteiger partial charge is 0.388 e. The van der Waals surface area contributed by atoms with Gasteiger partial charge in [-0.3, -0.25) is 0 Å². The van der Waals surface area contributed by atoms with Gasteiger partial charge in [0, 0.05) is 11.8 Å². The van der Waals surface area contributed by atoms with Crippen LogP contribution in [0.25, 0.3) is 0 Å². The highest BCUT2D eigenvalue weighted by Gasteiger charge is 2.26. The Morgan fingerprint density at radius 3 is 3.00 bits per heavy atom. The van der Waals surface area contributed by atoms with E-state index in [9.17, 15) is 5.11 Å². The molecule has 0 amide bonds. The maximum Gasteiger partial charge on any atom is 0.129 e. The molecule has 1 aliphatic carbocycles. The maximum atomic E-state index is 9.86. The number of hydrogen-bond acceptors (Lipinski definition) is 3. The fraction of sp³-hybridized carbons (Fsp3) is 0.500. The van der Waals surface area contributed by atoms with Gasteiger partial charge in [0.05, 0.1) is 11.1 Å². The summed E-state index contributed by atoms with van der Waals surface area (Å²) in [7, 11) is 0. The molecule has 1 atom stereocenters. The minimum absolute atomic E-state index is 0.377.